The minimum absolute atomic E-state index is 0.116. The van der Waals surface area contributed by atoms with Crippen LogP contribution in [0.3, 0.4) is 0 Å². The van der Waals surface area contributed by atoms with Gasteiger partial charge in [-0.2, -0.15) is 0 Å². The summed E-state index contributed by atoms with van der Waals surface area (Å²) in [6, 6.07) is 12.3. The molecule has 4 heteroatoms. The van der Waals surface area contributed by atoms with Crippen molar-refractivity contribution in [2.75, 3.05) is 0 Å². The van der Waals surface area contributed by atoms with Gasteiger partial charge in [0.1, 0.15) is 0 Å². The molecule has 0 amide bonds. The molecule has 0 spiro atoms. The highest BCUT2D eigenvalue weighted by molar-refractivity contribution is 9.10. The van der Waals surface area contributed by atoms with Crippen molar-refractivity contribution in [3.8, 4) is 0 Å². The summed E-state index contributed by atoms with van der Waals surface area (Å²) in [6.07, 6.45) is 4.44. The van der Waals surface area contributed by atoms with Gasteiger partial charge < -0.3 is 0 Å². The maximum Gasteiger partial charge on any atom is 0.0500 e. The number of pyridine rings is 1. The SMILES string of the molecule is NNC(Cc1ccncc1)c1ccc(Br)cc1. The lowest BCUT2D eigenvalue weighted by Gasteiger charge is -2.16. The van der Waals surface area contributed by atoms with Crippen molar-refractivity contribution in [1.29, 1.82) is 0 Å². The van der Waals surface area contributed by atoms with E-state index in [-0.39, 0.29) is 6.04 Å². The normalized spacial score (nSPS) is 12.4. The summed E-state index contributed by atoms with van der Waals surface area (Å²) in [5.74, 6) is 5.61. The second-order valence-corrected chi connectivity index (χ2v) is 4.75. The number of nitrogens with zero attached hydrogens (tertiary/aromatic N) is 1. The Hall–Kier alpha value is -1.23. The molecule has 1 atom stereocenters. The van der Waals surface area contributed by atoms with Gasteiger partial charge in [-0.15, -0.1) is 0 Å². The maximum absolute atomic E-state index is 5.61. The lowest BCUT2D eigenvalue weighted by Crippen LogP contribution is -2.29. The molecule has 2 rings (SSSR count). The number of hydrogen-bond donors (Lipinski definition) is 2. The predicted molar refractivity (Wildman–Crippen MR) is 72.1 cm³/mol. The number of halogens is 1. The van der Waals surface area contributed by atoms with Crippen LogP contribution in [-0.4, -0.2) is 4.98 Å². The van der Waals surface area contributed by atoms with E-state index in [1.165, 1.54) is 11.1 Å². The third-order valence-electron chi connectivity index (χ3n) is 2.66. The Bertz CT molecular complexity index is 456. The monoisotopic (exact) mass is 291 g/mol. The zero-order valence-electron chi connectivity index (χ0n) is 9.31. The lowest BCUT2D eigenvalue weighted by atomic mass is 10.0. The fraction of sp³-hybridized carbons (Fsp3) is 0.154. The highest BCUT2D eigenvalue weighted by Crippen LogP contribution is 2.19. The Kier molecular flexibility index (Phi) is 4.25. The first-order valence-corrected chi connectivity index (χ1v) is 6.19. The zero-order chi connectivity index (χ0) is 12.1. The van der Waals surface area contributed by atoms with E-state index in [0.29, 0.717) is 0 Å². The van der Waals surface area contributed by atoms with Crippen LogP contribution in [0.4, 0.5) is 0 Å². The molecule has 0 aliphatic carbocycles. The molecule has 0 fully saturated rings. The molecule has 1 heterocycles. The molecule has 0 saturated heterocycles. The molecule has 1 aromatic heterocycles. The van der Waals surface area contributed by atoms with Gasteiger partial charge in [0.25, 0.3) is 0 Å². The molecule has 0 radical (unpaired) electrons. The second-order valence-electron chi connectivity index (χ2n) is 3.83. The average Bonchev–Trinajstić information content (AvgIpc) is 2.38. The largest absolute Gasteiger partial charge is 0.271 e. The predicted octanol–water partition coefficient (Wildman–Crippen LogP) is 2.59. The Morgan fingerprint density at radius 3 is 2.35 bits per heavy atom. The Labute approximate surface area is 109 Å². The number of nitrogens with one attached hydrogen (secondary N) is 1. The van der Waals surface area contributed by atoms with Crippen molar-refractivity contribution in [3.05, 3.63) is 64.4 Å². The lowest BCUT2D eigenvalue weighted by molar-refractivity contribution is 0.551. The summed E-state index contributed by atoms with van der Waals surface area (Å²) in [6.45, 7) is 0. The number of hydrazine groups is 1. The van der Waals surface area contributed by atoms with E-state index in [0.717, 1.165) is 10.9 Å². The molecule has 17 heavy (non-hydrogen) atoms. The molecule has 88 valence electrons. The summed E-state index contributed by atoms with van der Waals surface area (Å²) >= 11 is 3.42. The third-order valence-corrected chi connectivity index (χ3v) is 3.19. The van der Waals surface area contributed by atoms with E-state index in [2.05, 4.69) is 38.5 Å². The first kappa shape index (κ1) is 12.2. The molecule has 0 bridgehead atoms. The van der Waals surface area contributed by atoms with Crippen molar-refractivity contribution in [1.82, 2.24) is 10.4 Å². The first-order chi connectivity index (χ1) is 8.29. The molecular formula is C13H14BrN3. The van der Waals surface area contributed by atoms with Gasteiger partial charge in [-0.25, -0.2) is 0 Å². The number of aromatic nitrogens is 1. The van der Waals surface area contributed by atoms with Gasteiger partial charge in [-0.3, -0.25) is 16.3 Å². The van der Waals surface area contributed by atoms with Gasteiger partial charge in [0, 0.05) is 22.9 Å². The van der Waals surface area contributed by atoms with Crippen LogP contribution in [0.5, 0.6) is 0 Å². The minimum Gasteiger partial charge on any atom is -0.271 e. The highest BCUT2D eigenvalue weighted by atomic mass is 79.9. The molecule has 1 unspecified atom stereocenters. The van der Waals surface area contributed by atoms with Gasteiger partial charge in [-0.1, -0.05) is 28.1 Å². The highest BCUT2D eigenvalue weighted by Gasteiger charge is 2.09. The third kappa shape index (κ3) is 3.36. The maximum atomic E-state index is 5.61. The first-order valence-electron chi connectivity index (χ1n) is 5.40. The molecule has 0 aliphatic rings. The van der Waals surface area contributed by atoms with Crippen molar-refractivity contribution < 1.29 is 0 Å². The fourth-order valence-electron chi connectivity index (χ4n) is 1.72. The van der Waals surface area contributed by atoms with Crippen LogP contribution in [0.25, 0.3) is 0 Å². The molecule has 3 nitrogen and oxygen atoms in total. The van der Waals surface area contributed by atoms with Crippen LogP contribution in [0.1, 0.15) is 17.2 Å². The topological polar surface area (TPSA) is 50.9 Å². The quantitative estimate of drug-likeness (QED) is 0.672. The van der Waals surface area contributed by atoms with E-state index in [9.17, 15) is 0 Å². The molecular weight excluding hydrogens is 278 g/mol. The van der Waals surface area contributed by atoms with Crippen molar-refractivity contribution in [3.63, 3.8) is 0 Å². The molecule has 2 aromatic rings. The van der Waals surface area contributed by atoms with Crippen LogP contribution in [-0.2, 0) is 6.42 Å². The van der Waals surface area contributed by atoms with E-state index < -0.39 is 0 Å². The van der Waals surface area contributed by atoms with Gasteiger partial charge in [0.05, 0.1) is 0 Å². The smallest absolute Gasteiger partial charge is 0.0500 e. The summed E-state index contributed by atoms with van der Waals surface area (Å²) < 4.78 is 1.07. The Morgan fingerprint density at radius 2 is 1.76 bits per heavy atom. The average molecular weight is 292 g/mol. The summed E-state index contributed by atoms with van der Waals surface area (Å²) in [7, 11) is 0. The number of hydrogen-bond acceptors (Lipinski definition) is 3. The number of rotatable bonds is 4. The van der Waals surface area contributed by atoms with Gasteiger partial charge >= 0.3 is 0 Å². The summed E-state index contributed by atoms with van der Waals surface area (Å²) in [5.41, 5.74) is 5.24. The molecule has 3 N–H and O–H groups in total. The van der Waals surface area contributed by atoms with Crippen LogP contribution in [0.15, 0.2) is 53.3 Å². The fourth-order valence-corrected chi connectivity index (χ4v) is 1.99. The van der Waals surface area contributed by atoms with E-state index in [1.807, 2.05) is 24.3 Å². The van der Waals surface area contributed by atoms with Crippen molar-refractivity contribution in [2.45, 2.75) is 12.5 Å². The number of benzene rings is 1. The van der Waals surface area contributed by atoms with E-state index in [1.54, 1.807) is 12.4 Å². The van der Waals surface area contributed by atoms with Crippen molar-refractivity contribution >= 4 is 15.9 Å². The van der Waals surface area contributed by atoms with Crippen LogP contribution in [0, 0.1) is 0 Å². The molecule has 0 saturated carbocycles. The molecule has 1 aromatic carbocycles. The zero-order valence-corrected chi connectivity index (χ0v) is 10.9. The van der Waals surface area contributed by atoms with E-state index >= 15 is 0 Å². The second kappa shape index (κ2) is 5.91. The van der Waals surface area contributed by atoms with Gasteiger partial charge in [0.2, 0.25) is 0 Å². The Morgan fingerprint density at radius 1 is 1.12 bits per heavy atom. The van der Waals surface area contributed by atoms with Crippen molar-refractivity contribution in [2.24, 2.45) is 5.84 Å². The van der Waals surface area contributed by atoms with E-state index in [4.69, 9.17) is 5.84 Å². The summed E-state index contributed by atoms with van der Waals surface area (Å²) in [5, 5.41) is 0. The minimum atomic E-state index is 0.116. The molecule has 0 aliphatic heterocycles. The summed E-state index contributed by atoms with van der Waals surface area (Å²) in [4.78, 5) is 4.00. The van der Waals surface area contributed by atoms with Gasteiger partial charge in [-0.05, 0) is 41.8 Å². The van der Waals surface area contributed by atoms with Crippen LogP contribution >= 0.6 is 15.9 Å². The van der Waals surface area contributed by atoms with Crippen LogP contribution in [0.2, 0.25) is 0 Å². The van der Waals surface area contributed by atoms with Crippen LogP contribution < -0.4 is 11.3 Å². The standard InChI is InChI=1S/C13H14BrN3/c14-12-3-1-11(2-4-12)13(17-15)9-10-5-7-16-8-6-10/h1-8,13,17H,9,15H2. The number of nitrogens with two attached hydrogens (primary N) is 1. The van der Waals surface area contributed by atoms with Gasteiger partial charge in [0.15, 0.2) is 0 Å². The Balaban J connectivity index is 2.14.